The van der Waals surface area contributed by atoms with Crippen molar-refractivity contribution in [3.8, 4) is 5.75 Å². The Morgan fingerprint density at radius 2 is 1.94 bits per heavy atom. The minimum absolute atomic E-state index is 0.201. The van der Waals surface area contributed by atoms with Gasteiger partial charge < -0.3 is 20.3 Å². The maximum absolute atomic E-state index is 11.3. The van der Waals surface area contributed by atoms with Crippen LogP contribution in [0.15, 0.2) is 48.9 Å². The molecule has 188 valence electrons. The largest absolute Gasteiger partial charge is 0.497 e. The average Bonchev–Trinajstić information content (AvgIpc) is 2.90. The predicted octanol–water partition coefficient (Wildman–Crippen LogP) is 5.25. The van der Waals surface area contributed by atoms with Crippen molar-refractivity contribution < 1.29 is 14.9 Å². The Labute approximate surface area is 212 Å². The van der Waals surface area contributed by atoms with Crippen molar-refractivity contribution in [3.05, 3.63) is 65.1 Å². The van der Waals surface area contributed by atoms with Crippen molar-refractivity contribution in [2.24, 2.45) is 5.41 Å². The van der Waals surface area contributed by atoms with Crippen LogP contribution >= 0.6 is 11.6 Å². The maximum atomic E-state index is 11.3. The molecule has 0 amide bonds. The van der Waals surface area contributed by atoms with E-state index in [1.54, 1.807) is 19.5 Å². The summed E-state index contributed by atoms with van der Waals surface area (Å²) < 4.78 is 5.38. The van der Waals surface area contributed by atoms with Crippen molar-refractivity contribution >= 4 is 22.5 Å². The maximum Gasteiger partial charge on any atom is 0.119 e. The van der Waals surface area contributed by atoms with E-state index in [1.165, 1.54) is 5.56 Å². The normalized spacial score (nSPS) is 17.3. The number of aryl methyl sites for hydroxylation is 1. The molecule has 35 heavy (non-hydrogen) atoms. The van der Waals surface area contributed by atoms with Gasteiger partial charge in [0.05, 0.1) is 29.9 Å². The molecule has 1 aromatic carbocycles. The van der Waals surface area contributed by atoms with Crippen molar-refractivity contribution in [1.82, 2.24) is 15.3 Å². The van der Waals surface area contributed by atoms with Crippen LogP contribution in [0.4, 0.5) is 0 Å². The summed E-state index contributed by atoms with van der Waals surface area (Å²) in [6.45, 7) is 1.78. The highest BCUT2D eigenvalue weighted by Gasteiger charge is 2.39. The third-order valence-electron chi connectivity index (χ3n) is 7.54. The van der Waals surface area contributed by atoms with E-state index in [9.17, 15) is 10.2 Å². The number of benzene rings is 1. The first kappa shape index (κ1) is 25.8. The van der Waals surface area contributed by atoms with E-state index in [-0.39, 0.29) is 5.41 Å². The van der Waals surface area contributed by atoms with Crippen LogP contribution in [0.25, 0.3) is 10.9 Å². The molecule has 0 bridgehead atoms. The van der Waals surface area contributed by atoms with Gasteiger partial charge in [-0.3, -0.25) is 9.97 Å². The summed E-state index contributed by atoms with van der Waals surface area (Å²) in [5, 5.41) is 27.3. The molecular formula is C28H36ClN3O3. The van der Waals surface area contributed by atoms with Crippen LogP contribution < -0.4 is 10.1 Å². The standard InChI is InChI=1S/C28H36ClN3O3/c1-35-21-8-9-24-22(17-21)27(23(29)19-32-24)25(33)10-11-28(12-15-30-16-13-28)26(34)7-3-2-5-20-6-4-14-31-18-20/h4,6,8-9,14,17-19,25-26,30,33-34H,2-3,5,7,10-13,15-16H2,1H3/t25-,26+/m1/s1. The highest BCUT2D eigenvalue weighted by atomic mass is 35.5. The van der Waals surface area contributed by atoms with E-state index in [1.807, 2.05) is 30.5 Å². The van der Waals surface area contributed by atoms with E-state index in [0.717, 1.165) is 68.9 Å². The van der Waals surface area contributed by atoms with E-state index in [0.29, 0.717) is 22.8 Å². The Hall–Kier alpha value is -2.25. The quantitative estimate of drug-likeness (QED) is 0.314. The fourth-order valence-electron chi connectivity index (χ4n) is 5.40. The van der Waals surface area contributed by atoms with Crippen LogP contribution in [0, 0.1) is 5.41 Å². The van der Waals surface area contributed by atoms with Gasteiger partial charge in [0.15, 0.2) is 0 Å². The molecule has 0 saturated carbocycles. The number of aliphatic hydroxyl groups is 2. The average molecular weight is 498 g/mol. The van der Waals surface area contributed by atoms with E-state index in [2.05, 4.69) is 21.4 Å². The smallest absolute Gasteiger partial charge is 0.119 e. The molecule has 0 spiro atoms. The van der Waals surface area contributed by atoms with Crippen LogP contribution in [0.1, 0.15) is 62.2 Å². The zero-order valence-electron chi connectivity index (χ0n) is 20.4. The predicted molar refractivity (Wildman–Crippen MR) is 140 cm³/mol. The summed E-state index contributed by atoms with van der Waals surface area (Å²) in [5.41, 5.74) is 2.49. The number of hydrogen-bond acceptors (Lipinski definition) is 6. The molecule has 3 aromatic rings. The molecule has 4 rings (SSSR count). The number of piperidine rings is 1. The van der Waals surface area contributed by atoms with Crippen molar-refractivity contribution in [1.29, 1.82) is 0 Å². The van der Waals surface area contributed by atoms with Crippen LogP contribution in [0.3, 0.4) is 0 Å². The molecule has 1 aliphatic heterocycles. The second-order valence-electron chi connectivity index (χ2n) is 9.69. The van der Waals surface area contributed by atoms with Crippen LogP contribution in [0.2, 0.25) is 5.02 Å². The Kier molecular flexibility index (Phi) is 8.95. The number of halogens is 1. The Morgan fingerprint density at radius 3 is 2.69 bits per heavy atom. The first-order valence-corrected chi connectivity index (χ1v) is 13.0. The van der Waals surface area contributed by atoms with E-state index < -0.39 is 12.2 Å². The topological polar surface area (TPSA) is 87.5 Å². The molecule has 2 aromatic heterocycles. The van der Waals surface area contributed by atoms with Gasteiger partial charge in [0, 0.05) is 29.5 Å². The molecule has 0 aliphatic carbocycles. The molecule has 0 unspecified atom stereocenters. The molecule has 3 N–H and O–H groups in total. The lowest BCUT2D eigenvalue weighted by atomic mass is 9.69. The first-order chi connectivity index (χ1) is 17.0. The fourth-order valence-corrected chi connectivity index (χ4v) is 5.67. The van der Waals surface area contributed by atoms with Crippen molar-refractivity contribution in [3.63, 3.8) is 0 Å². The molecule has 1 fully saturated rings. The Morgan fingerprint density at radius 1 is 1.11 bits per heavy atom. The number of hydrogen-bond donors (Lipinski definition) is 3. The Bertz CT molecular complexity index is 1090. The van der Waals surface area contributed by atoms with Gasteiger partial charge in [-0.25, -0.2) is 0 Å². The van der Waals surface area contributed by atoms with Crippen LogP contribution in [-0.4, -0.2) is 46.5 Å². The number of aromatic nitrogens is 2. The number of nitrogens with one attached hydrogen (secondary N) is 1. The van der Waals surface area contributed by atoms with Gasteiger partial charge in [-0.15, -0.1) is 0 Å². The van der Waals surface area contributed by atoms with Gasteiger partial charge in [-0.2, -0.15) is 0 Å². The lowest BCUT2D eigenvalue weighted by molar-refractivity contribution is -0.0212. The SMILES string of the molecule is COc1ccc2ncc(Cl)c([C@H](O)CCC3([C@@H](O)CCCCc4cccnc4)CCNCC3)c2c1. The number of methoxy groups -OCH3 is 1. The van der Waals surface area contributed by atoms with Gasteiger partial charge in [-0.05, 0) is 93.3 Å². The molecule has 1 saturated heterocycles. The van der Waals surface area contributed by atoms with E-state index >= 15 is 0 Å². The molecule has 6 nitrogen and oxygen atoms in total. The fraction of sp³-hybridized carbons (Fsp3) is 0.500. The lowest BCUT2D eigenvalue weighted by Crippen LogP contribution is -2.44. The first-order valence-electron chi connectivity index (χ1n) is 12.6. The summed E-state index contributed by atoms with van der Waals surface area (Å²) in [4.78, 5) is 8.59. The number of nitrogens with zero attached hydrogens (tertiary/aromatic N) is 2. The van der Waals surface area contributed by atoms with Crippen molar-refractivity contribution in [2.75, 3.05) is 20.2 Å². The molecule has 0 radical (unpaired) electrons. The third kappa shape index (κ3) is 6.31. The molecule has 7 heteroatoms. The second kappa shape index (κ2) is 12.1. The van der Waals surface area contributed by atoms with Gasteiger partial charge >= 0.3 is 0 Å². The zero-order valence-corrected chi connectivity index (χ0v) is 21.2. The van der Waals surface area contributed by atoms with Crippen LogP contribution in [-0.2, 0) is 6.42 Å². The van der Waals surface area contributed by atoms with Crippen LogP contribution in [0.5, 0.6) is 5.75 Å². The highest BCUT2D eigenvalue weighted by molar-refractivity contribution is 6.32. The van der Waals surface area contributed by atoms with E-state index in [4.69, 9.17) is 16.3 Å². The monoisotopic (exact) mass is 497 g/mol. The Balaban J connectivity index is 1.43. The second-order valence-corrected chi connectivity index (χ2v) is 10.1. The number of rotatable bonds is 11. The zero-order chi connectivity index (χ0) is 24.7. The van der Waals surface area contributed by atoms with Gasteiger partial charge in [0.2, 0.25) is 0 Å². The number of ether oxygens (including phenoxy) is 1. The van der Waals surface area contributed by atoms with Gasteiger partial charge in [0.25, 0.3) is 0 Å². The number of fused-ring (bicyclic) bond motifs is 1. The molecule has 1 aliphatic rings. The minimum atomic E-state index is -0.746. The molecular weight excluding hydrogens is 462 g/mol. The summed E-state index contributed by atoms with van der Waals surface area (Å²) in [6.07, 6.45) is 11.0. The molecule has 2 atom stereocenters. The number of pyridine rings is 2. The summed E-state index contributed by atoms with van der Waals surface area (Å²) >= 11 is 6.52. The lowest BCUT2D eigenvalue weighted by Gasteiger charge is -2.42. The van der Waals surface area contributed by atoms with Crippen molar-refractivity contribution in [2.45, 2.75) is 63.6 Å². The highest BCUT2D eigenvalue weighted by Crippen LogP contribution is 2.43. The molecule has 3 heterocycles. The van der Waals surface area contributed by atoms with Gasteiger partial charge in [-0.1, -0.05) is 24.1 Å². The summed E-state index contributed by atoms with van der Waals surface area (Å²) in [7, 11) is 1.62. The summed E-state index contributed by atoms with van der Waals surface area (Å²) in [6, 6.07) is 9.68. The van der Waals surface area contributed by atoms with Gasteiger partial charge in [0.1, 0.15) is 5.75 Å². The number of aliphatic hydroxyl groups excluding tert-OH is 2. The summed E-state index contributed by atoms with van der Waals surface area (Å²) in [5.74, 6) is 0.701. The minimum Gasteiger partial charge on any atom is -0.497 e. The number of unbranched alkanes of at least 4 members (excludes halogenated alkanes) is 1. The third-order valence-corrected chi connectivity index (χ3v) is 7.84.